The smallest absolute Gasteiger partial charge is 0.255 e. The Labute approximate surface area is 89.6 Å². The molecule has 0 saturated carbocycles. The van der Waals surface area contributed by atoms with Gasteiger partial charge in [-0.25, -0.2) is 0 Å². The summed E-state index contributed by atoms with van der Waals surface area (Å²) in [4.78, 5) is 13.5. The van der Waals surface area contributed by atoms with E-state index in [9.17, 15) is 4.79 Å². The molecule has 4 heteroatoms. The molecule has 4 nitrogen and oxygen atoms in total. The lowest BCUT2D eigenvalue weighted by atomic mass is 10.1. The van der Waals surface area contributed by atoms with Gasteiger partial charge in [-0.1, -0.05) is 6.07 Å². The molecule has 1 aromatic carbocycles. The van der Waals surface area contributed by atoms with Gasteiger partial charge < -0.3 is 15.4 Å². The highest BCUT2D eigenvalue weighted by Crippen LogP contribution is 2.25. The van der Waals surface area contributed by atoms with E-state index in [0.29, 0.717) is 23.5 Å². The number of para-hydroxylation sites is 1. The minimum atomic E-state index is -0.0890. The van der Waals surface area contributed by atoms with Crippen LogP contribution in [0.5, 0.6) is 5.75 Å². The number of rotatable bonds is 3. The van der Waals surface area contributed by atoms with Gasteiger partial charge in [0.15, 0.2) is 0 Å². The van der Waals surface area contributed by atoms with E-state index in [1.54, 1.807) is 30.1 Å². The number of anilines is 1. The number of hydrogen-bond acceptors (Lipinski definition) is 3. The van der Waals surface area contributed by atoms with Crippen LogP contribution in [0.2, 0.25) is 0 Å². The van der Waals surface area contributed by atoms with Gasteiger partial charge in [0.1, 0.15) is 5.75 Å². The Hall–Kier alpha value is -1.71. The highest BCUT2D eigenvalue weighted by Gasteiger charge is 2.15. The van der Waals surface area contributed by atoms with Gasteiger partial charge in [-0.15, -0.1) is 0 Å². The highest BCUT2D eigenvalue weighted by molar-refractivity contribution is 6.00. The van der Waals surface area contributed by atoms with Crippen LogP contribution >= 0.6 is 0 Å². The van der Waals surface area contributed by atoms with Gasteiger partial charge in [-0.3, -0.25) is 4.79 Å². The number of benzene rings is 1. The van der Waals surface area contributed by atoms with E-state index in [2.05, 4.69) is 0 Å². The van der Waals surface area contributed by atoms with Crippen molar-refractivity contribution >= 4 is 11.6 Å². The maximum atomic E-state index is 11.9. The molecule has 82 valence electrons. The molecule has 0 aromatic heterocycles. The van der Waals surface area contributed by atoms with Gasteiger partial charge in [0.05, 0.1) is 18.4 Å². The number of ether oxygens (including phenoxy) is 1. The molecular formula is C11H16N2O2. The Kier molecular flexibility index (Phi) is 3.55. The molecule has 15 heavy (non-hydrogen) atoms. The van der Waals surface area contributed by atoms with E-state index in [-0.39, 0.29) is 5.91 Å². The van der Waals surface area contributed by atoms with Gasteiger partial charge >= 0.3 is 0 Å². The number of nitrogens with two attached hydrogens (primary N) is 1. The first-order chi connectivity index (χ1) is 7.11. The third-order valence-corrected chi connectivity index (χ3v) is 2.34. The minimum absolute atomic E-state index is 0.0890. The van der Waals surface area contributed by atoms with Crippen molar-refractivity contribution in [2.45, 2.75) is 6.92 Å². The summed E-state index contributed by atoms with van der Waals surface area (Å²) in [6, 6.07) is 5.19. The molecule has 0 unspecified atom stereocenters. The summed E-state index contributed by atoms with van der Waals surface area (Å²) in [7, 11) is 3.27. The lowest BCUT2D eigenvalue weighted by Gasteiger charge is -2.16. The average molecular weight is 208 g/mol. The second-order valence-corrected chi connectivity index (χ2v) is 3.24. The van der Waals surface area contributed by atoms with Gasteiger partial charge in [0, 0.05) is 13.6 Å². The molecule has 0 radical (unpaired) electrons. The van der Waals surface area contributed by atoms with Gasteiger partial charge in [0.25, 0.3) is 5.91 Å². The van der Waals surface area contributed by atoms with Crippen LogP contribution in [0.1, 0.15) is 17.3 Å². The van der Waals surface area contributed by atoms with Crippen molar-refractivity contribution in [3.63, 3.8) is 0 Å². The predicted octanol–water partition coefficient (Wildman–Crippen LogP) is 1.37. The SMILES string of the molecule is CCN(C)C(=O)c1cccc(OC)c1N. The summed E-state index contributed by atoms with van der Waals surface area (Å²) < 4.78 is 5.05. The summed E-state index contributed by atoms with van der Waals surface area (Å²) in [6.45, 7) is 2.56. The number of carbonyl (C=O) groups excluding carboxylic acids is 1. The van der Waals surface area contributed by atoms with Crippen LogP contribution in [0.15, 0.2) is 18.2 Å². The Morgan fingerprint density at radius 2 is 2.20 bits per heavy atom. The van der Waals surface area contributed by atoms with Crippen LogP contribution in [0.4, 0.5) is 5.69 Å². The molecule has 0 aliphatic rings. The van der Waals surface area contributed by atoms with Crippen molar-refractivity contribution in [1.82, 2.24) is 4.90 Å². The van der Waals surface area contributed by atoms with Crippen LogP contribution < -0.4 is 10.5 Å². The Bertz CT molecular complexity index is 364. The molecular weight excluding hydrogens is 192 g/mol. The summed E-state index contributed by atoms with van der Waals surface area (Å²) in [5.74, 6) is 0.444. The van der Waals surface area contributed by atoms with Crippen molar-refractivity contribution in [3.8, 4) is 5.75 Å². The number of nitrogens with zero attached hydrogens (tertiary/aromatic N) is 1. The minimum Gasteiger partial charge on any atom is -0.495 e. The first kappa shape index (κ1) is 11.4. The fourth-order valence-electron chi connectivity index (χ4n) is 1.26. The third-order valence-electron chi connectivity index (χ3n) is 2.34. The molecule has 2 N–H and O–H groups in total. The van der Waals surface area contributed by atoms with Gasteiger partial charge in [0.2, 0.25) is 0 Å². The number of methoxy groups -OCH3 is 1. The van der Waals surface area contributed by atoms with Crippen LogP contribution in [0, 0.1) is 0 Å². The van der Waals surface area contributed by atoms with E-state index < -0.39 is 0 Å². The zero-order valence-electron chi connectivity index (χ0n) is 9.28. The summed E-state index contributed by atoms with van der Waals surface area (Å²) >= 11 is 0. The Morgan fingerprint density at radius 3 is 2.73 bits per heavy atom. The molecule has 1 rings (SSSR count). The van der Waals surface area contributed by atoms with E-state index >= 15 is 0 Å². The summed E-state index contributed by atoms with van der Waals surface area (Å²) in [5, 5.41) is 0. The zero-order chi connectivity index (χ0) is 11.4. The molecule has 0 fully saturated rings. The number of hydrogen-bond donors (Lipinski definition) is 1. The molecule has 0 heterocycles. The lowest BCUT2D eigenvalue weighted by Crippen LogP contribution is -2.27. The van der Waals surface area contributed by atoms with Crippen molar-refractivity contribution < 1.29 is 9.53 Å². The number of carbonyl (C=O) groups is 1. The second-order valence-electron chi connectivity index (χ2n) is 3.24. The molecule has 0 aliphatic heterocycles. The molecule has 0 aliphatic carbocycles. The standard InChI is InChI=1S/C11H16N2O2/c1-4-13(2)11(14)8-6-5-7-9(15-3)10(8)12/h5-7H,4,12H2,1-3H3. The number of amides is 1. The quantitative estimate of drug-likeness (QED) is 0.763. The fourth-order valence-corrected chi connectivity index (χ4v) is 1.26. The van der Waals surface area contributed by atoms with E-state index in [1.165, 1.54) is 7.11 Å². The molecule has 0 saturated heterocycles. The Balaban J connectivity index is 3.09. The normalized spacial score (nSPS) is 9.80. The topological polar surface area (TPSA) is 55.6 Å². The zero-order valence-corrected chi connectivity index (χ0v) is 9.28. The van der Waals surface area contributed by atoms with Crippen LogP contribution in [0.25, 0.3) is 0 Å². The van der Waals surface area contributed by atoms with E-state index in [1.807, 2.05) is 6.92 Å². The summed E-state index contributed by atoms with van der Waals surface area (Å²) in [5.41, 5.74) is 6.69. The maximum absolute atomic E-state index is 11.9. The second kappa shape index (κ2) is 4.68. The molecule has 0 spiro atoms. The monoisotopic (exact) mass is 208 g/mol. The van der Waals surface area contributed by atoms with Crippen LogP contribution in [-0.2, 0) is 0 Å². The molecule has 0 atom stereocenters. The van der Waals surface area contributed by atoms with Gasteiger partial charge in [-0.05, 0) is 19.1 Å². The molecule has 1 aromatic rings. The average Bonchev–Trinajstić information content (AvgIpc) is 2.27. The van der Waals surface area contributed by atoms with Crippen LogP contribution in [0.3, 0.4) is 0 Å². The molecule has 0 bridgehead atoms. The largest absolute Gasteiger partial charge is 0.495 e. The van der Waals surface area contributed by atoms with Crippen molar-refractivity contribution in [2.75, 3.05) is 26.4 Å². The predicted molar refractivity (Wildman–Crippen MR) is 60.0 cm³/mol. The maximum Gasteiger partial charge on any atom is 0.255 e. The van der Waals surface area contributed by atoms with Crippen LogP contribution in [-0.4, -0.2) is 31.5 Å². The first-order valence-corrected chi connectivity index (χ1v) is 4.79. The fraction of sp³-hybridized carbons (Fsp3) is 0.364. The lowest BCUT2D eigenvalue weighted by molar-refractivity contribution is 0.0803. The van der Waals surface area contributed by atoms with E-state index in [4.69, 9.17) is 10.5 Å². The summed E-state index contributed by atoms with van der Waals surface area (Å²) in [6.07, 6.45) is 0. The van der Waals surface area contributed by atoms with E-state index in [0.717, 1.165) is 0 Å². The van der Waals surface area contributed by atoms with Crippen molar-refractivity contribution in [2.24, 2.45) is 0 Å². The van der Waals surface area contributed by atoms with Crippen molar-refractivity contribution in [1.29, 1.82) is 0 Å². The van der Waals surface area contributed by atoms with Gasteiger partial charge in [-0.2, -0.15) is 0 Å². The molecule has 1 amide bonds. The van der Waals surface area contributed by atoms with Crippen molar-refractivity contribution in [3.05, 3.63) is 23.8 Å². The third kappa shape index (κ3) is 2.21. The highest BCUT2D eigenvalue weighted by atomic mass is 16.5. The number of nitrogen functional groups attached to an aromatic ring is 1. The first-order valence-electron chi connectivity index (χ1n) is 4.79. The Morgan fingerprint density at radius 1 is 1.53 bits per heavy atom.